The molecule has 0 bridgehead atoms. The number of aromatic amines is 1. The molecule has 148 valence electrons. The van der Waals surface area contributed by atoms with Gasteiger partial charge >= 0.3 is 0 Å². The molecular formula is C19H26N8O. The van der Waals surface area contributed by atoms with Crippen LogP contribution in [0.25, 0.3) is 11.0 Å². The second kappa shape index (κ2) is 7.97. The molecular weight excluding hydrogens is 356 g/mol. The highest BCUT2D eigenvalue weighted by atomic mass is 16.5. The minimum Gasteiger partial charge on any atom is -0.377 e. The molecule has 28 heavy (non-hydrogen) atoms. The number of nitrogens with zero attached hydrogens (tertiary/aromatic N) is 5. The number of benzene rings is 1. The normalized spacial score (nSPS) is 17.0. The topological polar surface area (TPSA) is 105 Å². The van der Waals surface area contributed by atoms with Crippen LogP contribution in [0.5, 0.6) is 0 Å². The van der Waals surface area contributed by atoms with Crippen molar-refractivity contribution in [1.82, 2.24) is 35.4 Å². The molecule has 2 aromatic heterocycles. The smallest absolute Gasteiger partial charge is 0.191 e. The maximum Gasteiger partial charge on any atom is 0.191 e. The zero-order valence-corrected chi connectivity index (χ0v) is 16.5. The second-order valence-electron chi connectivity index (χ2n) is 7.07. The van der Waals surface area contributed by atoms with Crippen LogP contribution >= 0.6 is 0 Å². The highest BCUT2D eigenvalue weighted by Gasteiger charge is 2.22. The zero-order valence-electron chi connectivity index (χ0n) is 16.5. The van der Waals surface area contributed by atoms with Gasteiger partial charge in [0.1, 0.15) is 18.3 Å². The summed E-state index contributed by atoms with van der Waals surface area (Å²) in [6.07, 6.45) is 1.87. The molecule has 0 saturated heterocycles. The molecule has 1 unspecified atom stereocenters. The van der Waals surface area contributed by atoms with Crippen molar-refractivity contribution >= 4 is 17.0 Å². The Morgan fingerprint density at radius 2 is 2.29 bits per heavy atom. The van der Waals surface area contributed by atoms with Gasteiger partial charge < -0.3 is 20.4 Å². The van der Waals surface area contributed by atoms with Crippen molar-refractivity contribution in [1.29, 1.82) is 0 Å². The number of ether oxygens (including phenoxy) is 1. The summed E-state index contributed by atoms with van der Waals surface area (Å²) in [5.74, 6) is 3.39. The van der Waals surface area contributed by atoms with Gasteiger partial charge in [0.25, 0.3) is 0 Å². The van der Waals surface area contributed by atoms with Gasteiger partial charge in [0.15, 0.2) is 11.8 Å². The zero-order chi connectivity index (χ0) is 19.5. The molecule has 0 aliphatic carbocycles. The predicted octanol–water partition coefficient (Wildman–Crippen LogP) is 1.29. The fourth-order valence-electron chi connectivity index (χ4n) is 3.48. The van der Waals surface area contributed by atoms with E-state index >= 15 is 0 Å². The third-order valence-corrected chi connectivity index (χ3v) is 4.85. The van der Waals surface area contributed by atoms with Crippen molar-refractivity contribution in [2.75, 3.05) is 14.2 Å². The van der Waals surface area contributed by atoms with E-state index in [9.17, 15) is 0 Å². The van der Waals surface area contributed by atoms with Crippen molar-refractivity contribution in [2.24, 2.45) is 4.99 Å². The Morgan fingerprint density at radius 1 is 1.39 bits per heavy atom. The SMILES string of the molecule is CN=C(NCc1nc2ccc(C)cc2[nH]1)NC1CCc2nc(COC)nn2C1. The Balaban J connectivity index is 1.35. The monoisotopic (exact) mass is 382 g/mol. The van der Waals surface area contributed by atoms with Crippen LogP contribution in [0.2, 0.25) is 0 Å². The quantitative estimate of drug-likeness (QED) is 0.454. The van der Waals surface area contributed by atoms with Crippen molar-refractivity contribution in [3.05, 3.63) is 41.2 Å². The Bertz CT molecular complexity index is 989. The van der Waals surface area contributed by atoms with Crippen molar-refractivity contribution in [3.8, 4) is 0 Å². The molecule has 3 N–H and O–H groups in total. The molecule has 9 heteroatoms. The first-order valence-electron chi connectivity index (χ1n) is 9.48. The molecule has 1 aromatic carbocycles. The lowest BCUT2D eigenvalue weighted by Gasteiger charge is -2.25. The first-order chi connectivity index (χ1) is 13.6. The summed E-state index contributed by atoms with van der Waals surface area (Å²) >= 11 is 0. The van der Waals surface area contributed by atoms with Crippen molar-refractivity contribution in [3.63, 3.8) is 0 Å². The molecule has 3 heterocycles. The summed E-state index contributed by atoms with van der Waals surface area (Å²) in [5.41, 5.74) is 3.24. The summed E-state index contributed by atoms with van der Waals surface area (Å²) < 4.78 is 7.09. The summed E-state index contributed by atoms with van der Waals surface area (Å²) in [5, 5.41) is 11.3. The number of nitrogens with one attached hydrogen (secondary N) is 3. The second-order valence-corrected chi connectivity index (χ2v) is 7.07. The van der Waals surface area contributed by atoms with Crippen LogP contribution in [-0.4, -0.2) is 50.9 Å². The van der Waals surface area contributed by atoms with Gasteiger partial charge in [-0.3, -0.25) is 4.99 Å². The van der Waals surface area contributed by atoms with Crippen molar-refractivity contribution in [2.45, 2.75) is 45.5 Å². The maximum absolute atomic E-state index is 5.12. The number of guanidine groups is 1. The van der Waals surface area contributed by atoms with Gasteiger partial charge in [-0.25, -0.2) is 14.6 Å². The lowest BCUT2D eigenvalue weighted by molar-refractivity contribution is 0.177. The molecule has 1 aliphatic heterocycles. The fourth-order valence-corrected chi connectivity index (χ4v) is 3.48. The maximum atomic E-state index is 5.12. The number of hydrogen-bond donors (Lipinski definition) is 3. The van der Waals surface area contributed by atoms with Gasteiger partial charge in [-0.15, -0.1) is 0 Å². The van der Waals surface area contributed by atoms with Gasteiger partial charge in [0, 0.05) is 26.6 Å². The van der Waals surface area contributed by atoms with E-state index in [1.54, 1.807) is 14.2 Å². The van der Waals surface area contributed by atoms with Crippen LogP contribution in [0, 0.1) is 6.92 Å². The van der Waals surface area contributed by atoms with E-state index < -0.39 is 0 Å². The van der Waals surface area contributed by atoms with Gasteiger partial charge in [-0.1, -0.05) is 6.07 Å². The molecule has 1 atom stereocenters. The predicted molar refractivity (Wildman–Crippen MR) is 107 cm³/mol. The molecule has 1 aliphatic rings. The molecule has 0 fully saturated rings. The van der Waals surface area contributed by atoms with E-state index in [4.69, 9.17) is 4.74 Å². The van der Waals surface area contributed by atoms with Crippen molar-refractivity contribution < 1.29 is 4.74 Å². The van der Waals surface area contributed by atoms with Crippen LogP contribution < -0.4 is 10.6 Å². The Morgan fingerprint density at radius 3 is 3.11 bits per heavy atom. The van der Waals surface area contributed by atoms with Gasteiger partial charge in [-0.2, -0.15) is 5.10 Å². The summed E-state index contributed by atoms with van der Waals surface area (Å²) in [6.45, 7) is 3.86. The molecule has 4 rings (SSSR count). The van der Waals surface area contributed by atoms with E-state index in [1.165, 1.54) is 5.56 Å². The van der Waals surface area contributed by atoms with E-state index in [2.05, 4.69) is 54.7 Å². The third kappa shape index (κ3) is 3.99. The van der Waals surface area contributed by atoms with Crippen LogP contribution in [0.15, 0.2) is 23.2 Å². The van der Waals surface area contributed by atoms with E-state index in [-0.39, 0.29) is 6.04 Å². The largest absolute Gasteiger partial charge is 0.377 e. The summed E-state index contributed by atoms with van der Waals surface area (Å²) in [7, 11) is 3.43. The molecule has 3 aromatic rings. The number of fused-ring (bicyclic) bond motifs is 2. The average Bonchev–Trinajstić information content (AvgIpc) is 3.27. The summed E-state index contributed by atoms with van der Waals surface area (Å²) in [6, 6.07) is 6.46. The Kier molecular flexibility index (Phi) is 5.25. The number of aliphatic imine (C=N–C) groups is 1. The highest BCUT2D eigenvalue weighted by Crippen LogP contribution is 2.14. The fraction of sp³-hybridized carbons (Fsp3) is 0.474. The average molecular weight is 382 g/mol. The minimum atomic E-state index is 0.245. The first kappa shape index (κ1) is 18.4. The standard InChI is InChI=1S/C19H26N8O/c1-12-4-6-14-15(8-12)24-16(23-14)9-21-19(20-2)22-13-5-7-18-25-17(11-28-3)26-27(18)10-13/h4,6,8,13H,5,7,9-11H2,1-3H3,(H,23,24)(H2,20,21,22). The third-order valence-electron chi connectivity index (χ3n) is 4.85. The van der Waals surface area contributed by atoms with Gasteiger partial charge in [-0.05, 0) is 31.0 Å². The van der Waals surface area contributed by atoms with Gasteiger partial charge in [0.2, 0.25) is 0 Å². The Labute approximate surface area is 163 Å². The molecule has 0 spiro atoms. The van der Waals surface area contributed by atoms with Crippen LogP contribution in [0.3, 0.4) is 0 Å². The van der Waals surface area contributed by atoms with E-state index in [0.29, 0.717) is 13.2 Å². The number of rotatable bonds is 5. The number of H-pyrrole nitrogens is 1. The van der Waals surface area contributed by atoms with Crippen LogP contribution in [0.1, 0.15) is 29.5 Å². The van der Waals surface area contributed by atoms with E-state index in [1.807, 2.05) is 10.7 Å². The molecule has 0 radical (unpaired) electrons. The molecule has 0 saturated carbocycles. The number of aryl methyl sites for hydroxylation is 2. The Hall–Kier alpha value is -2.94. The first-order valence-corrected chi connectivity index (χ1v) is 9.48. The summed E-state index contributed by atoms with van der Waals surface area (Å²) in [4.78, 5) is 16.8. The van der Waals surface area contributed by atoms with Crippen LogP contribution in [-0.2, 0) is 30.9 Å². The van der Waals surface area contributed by atoms with Crippen LogP contribution in [0.4, 0.5) is 0 Å². The van der Waals surface area contributed by atoms with Gasteiger partial charge in [0.05, 0.1) is 24.1 Å². The number of hydrogen-bond acceptors (Lipinski definition) is 5. The number of methoxy groups -OCH3 is 1. The molecule has 9 nitrogen and oxygen atoms in total. The number of aromatic nitrogens is 5. The lowest BCUT2D eigenvalue weighted by atomic mass is 10.1. The highest BCUT2D eigenvalue weighted by molar-refractivity contribution is 5.80. The molecule has 0 amide bonds. The number of imidazole rings is 1. The minimum absolute atomic E-state index is 0.245. The van der Waals surface area contributed by atoms with E-state index in [0.717, 1.165) is 53.9 Å². The lowest BCUT2D eigenvalue weighted by Crippen LogP contribution is -2.46.